The first kappa shape index (κ1) is 19.9. The third-order valence-corrected chi connectivity index (χ3v) is 6.59. The molecule has 0 fully saturated rings. The minimum atomic E-state index is -0.395. The summed E-state index contributed by atoms with van der Waals surface area (Å²) >= 11 is 2.77. The van der Waals surface area contributed by atoms with Crippen LogP contribution < -0.4 is 5.32 Å². The maximum Gasteiger partial charge on any atom is 0.341 e. The number of carbonyl (C=O) groups excluding carboxylic acids is 2. The second-order valence-corrected chi connectivity index (χ2v) is 9.14. The molecule has 1 aliphatic rings. The van der Waals surface area contributed by atoms with Crippen molar-refractivity contribution in [3.63, 3.8) is 0 Å². The molecule has 0 saturated carbocycles. The van der Waals surface area contributed by atoms with Crippen LogP contribution >= 0.6 is 23.1 Å². The summed E-state index contributed by atoms with van der Waals surface area (Å²) in [5.74, 6) is 0.748. The number of rotatable bonds is 6. The number of nitrogens with one attached hydrogen (secondary N) is 2. The number of aromatic amines is 1. The SMILES string of the molecule is CCOC(=O)c1c(NC(=O)[C@H](C)Sc2n[nH]c(C)n2)sc2c1CC[C@H](C)C2. The van der Waals surface area contributed by atoms with Crippen molar-refractivity contribution >= 4 is 40.0 Å². The normalized spacial score (nSPS) is 17.3. The number of aryl methyl sites for hydroxylation is 1. The molecule has 146 valence electrons. The molecule has 2 aromatic rings. The first-order valence-electron chi connectivity index (χ1n) is 9.07. The molecule has 0 spiro atoms. The van der Waals surface area contributed by atoms with E-state index in [-0.39, 0.29) is 11.9 Å². The molecule has 9 heteroatoms. The highest BCUT2D eigenvalue weighted by Crippen LogP contribution is 2.40. The first-order valence-corrected chi connectivity index (χ1v) is 10.8. The molecule has 3 rings (SSSR count). The van der Waals surface area contributed by atoms with Gasteiger partial charge in [0.25, 0.3) is 0 Å². The summed E-state index contributed by atoms with van der Waals surface area (Å²) in [6.07, 6.45) is 2.82. The number of ether oxygens (including phenoxy) is 1. The summed E-state index contributed by atoms with van der Waals surface area (Å²) in [5.41, 5.74) is 1.57. The van der Waals surface area contributed by atoms with Gasteiger partial charge in [0, 0.05) is 4.88 Å². The van der Waals surface area contributed by atoms with Gasteiger partial charge in [-0.15, -0.1) is 16.4 Å². The summed E-state index contributed by atoms with van der Waals surface area (Å²) in [7, 11) is 0. The van der Waals surface area contributed by atoms with Gasteiger partial charge in [-0.1, -0.05) is 18.7 Å². The number of nitrogens with zero attached hydrogens (tertiary/aromatic N) is 2. The van der Waals surface area contributed by atoms with Gasteiger partial charge in [-0.2, -0.15) is 0 Å². The maximum absolute atomic E-state index is 12.7. The van der Waals surface area contributed by atoms with E-state index in [9.17, 15) is 9.59 Å². The number of anilines is 1. The van der Waals surface area contributed by atoms with Gasteiger partial charge < -0.3 is 10.1 Å². The van der Waals surface area contributed by atoms with E-state index in [4.69, 9.17) is 4.74 Å². The fraction of sp³-hybridized carbons (Fsp3) is 0.556. The Morgan fingerprint density at radius 1 is 1.48 bits per heavy atom. The summed E-state index contributed by atoms with van der Waals surface area (Å²) in [5, 5.41) is 10.5. The van der Waals surface area contributed by atoms with Crippen LogP contribution in [0.25, 0.3) is 0 Å². The highest BCUT2D eigenvalue weighted by atomic mass is 32.2. The predicted molar refractivity (Wildman–Crippen MR) is 107 cm³/mol. The molecule has 0 bridgehead atoms. The maximum atomic E-state index is 12.7. The molecular weight excluding hydrogens is 384 g/mol. The Bertz CT molecular complexity index is 846. The topological polar surface area (TPSA) is 97.0 Å². The number of carbonyl (C=O) groups is 2. The second kappa shape index (κ2) is 8.43. The molecule has 0 saturated heterocycles. The van der Waals surface area contributed by atoms with E-state index in [1.807, 2.05) is 6.92 Å². The predicted octanol–water partition coefficient (Wildman–Crippen LogP) is 3.60. The Balaban J connectivity index is 1.80. The zero-order valence-electron chi connectivity index (χ0n) is 15.9. The summed E-state index contributed by atoms with van der Waals surface area (Å²) in [6, 6.07) is 0. The highest BCUT2D eigenvalue weighted by molar-refractivity contribution is 8.00. The molecule has 2 atom stereocenters. The van der Waals surface area contributed by atoms with Gasteiger partial charge in [-0.3, -0.25) is 9.89 Å². The van der Waals surface area contributed by atoms with Gasteiger partial charge >= 0.3 is 5.97 Å². The number of thioether (sulfide) groups is 1. The van der Waals surface area contributed by atoms with Gasteiger partial charge in [-0.05, 0) is 51.5 Å². The number of thiophene rings is 1. The van der Waals surface area contributed by atoms with E-state index in [0.29, 0.717) is 34.1 Å². The van der Waals surface area contributed by atoms with E-state index in [0.717, 1.165) is 24.8 Å². The van der Waals surface area contributed by atoms with Crippen LogP contribution in [0, 0.1) is 12.8 Å². The van der Waals surface area contributed by atoms with E-state index < -0.39 is 5.25 Å². The summed E-state index contributed by atoms with van der Waals surface area (Å²) < 4.78 is 5.25. The lowest BCUT2D eigenvalue weighted by Crippen LogP contribution is -2.23. The standard InChI is InChI=1S/C18H24N4O3S2/c1-5-25-17(24)14-12-7-6-9(2)8-13(12)27-16(14)20-15(23)10(3)26-18-19-11(4)21-22-18/h9-10H,5-8H2,1-4H3,(H,20,23)(H,19,21,22)/t9-,10-/m0/s1. The third kappa shape index (κ3) is 4.52. The number of H-pyrrole nitrogens is 1. The molecular formula is C18H24N4O3S2. The Hall–Kier alpha value is -1.87. The molecule has 0 unspecified atom stereocenters. The van der Waals surface area contributed by atoms with Gasteiger partial charge in [0.15, 0.2) is 0 Å². The van der Waals surface area contributed by atoms with Gasteiger partial charge in [0.1, 0.15) is 10.8 Å². The average molecular weight is 409 g/mol. The van der Waals surface area contributed by atoms with Crippen LogP contribution in [0.15, 0.2) is 5.16 Å². The number of esters is 1. The number of fused-ring (bicyclic) bond motifs is 1. The lowest BCUT2D eigenvalue weighted by atomic mass is 9.88. The van der Waals surface area contributed by atoms with E-state index in [1.54, 1.807) is 13.8 Å². The van der Waals surface area contributed by atoms with E-state index >= 15 is 0 Å². The Morgan fingerprint density at radius 2 is 2.26 bits per heavy atom. The van der Waals surface area contributed by atoms with Gasteiger partial charge in [0.2, 0.25) is 11.1 Å². The van der Waals surface area contributed by atoms with Crippen molar-refractivity contribution in [2.24, 2.45) is 5.92 Å². The van der Waals surface area contributed by atoms with Crippen molar-refractivity contribution in [2.45, 2.75) is 57.4 Å². The monoisotopic (exact) mass is 408 g/mol. The highest BCUT2D eigenvalue weighted by Gasteiger charge is 2.30. The zero-order valence-corrected chi connectivity index (χ0v) is 17.6. The zero-order chi connectivity index (χ0) is 19.6. The molecule has 1 aliphatic carbocycles. The van der Waals surface area contributed by atoms with Crippen LogP contribution in [0.4, 0.5) is 5.00 Å². The summed E-state index contributed by atoms with van der Waals surface area (Å²) in [4.78, 5) is 30.6. The van der Waals surface area contributed by atoms with Crippen LogP contribution in [-0.4, -0.2) is 38.9 Å². The van der Waals surface area contributed by atoms with Crippen LogP contribution in [-0.2, 0) is 22.4 Å². The Labute approximate surface area is 166 Å². The van der Waals surface area contributed by atoms with E-state index in [2.05, 4.69) is 27.4 Å². The average Bonchev–Trinajstić information content (AvgIpc) is 3.17. The molecule has 2 aromatic heterocycles. The second-order valence-electron chi connectivity index (χ2n) is 6.73. The van der Waals surface area contributed by atoms with E-state index in [1.165, 1.54) is 28.0 Å². The van der Waals surface area contributed by atoms with Gasteiger partial charge in [-0.25, -0.2) is 9.78 Å². The molecule has 0 aliphatic heterocycles. The minimum absolute atomic E-state index is 0.181. The van der Waals surface area contributed by atoms with Crippen molar-refractivity contribution in [1.82, 2.24) is 15.2 Å². The Kier molecular flexibility index (Phi) is 6.21. The number of hydrogen-bond acceptors (Lipinski definition) is 7. The molecule has 27 heavy (non-hydrogen) atoms. The largest absolute Gasteiger partial charge is 0.462 e. The third-order valence-electron chi connectivity index (χ3n) is 4.46. The first-order chi connectivity index (χ1) is 12.9. The van der Waals surface area contributed by atoms with Crippen molar-refractivity contribution in [2.75, 3.05) is 11.9 Å². The van der Waals surface area contributed by atoms with Gasteiger partial charge in [0.05, 0.1) is 17.4 Å². The van der Waals surface area contributed by atoms with Crippen molar-refractivity contribution < 1.29 is 14.3 Å². The van der Waals surface area contributed by atoms with Crippen LogP contribution in [0.5, 0.6) is 0 Å². The lowest BCUT2D eigenvalue weighted by Gasteiger charge is -2.18. The van der Waals surface area contributed by atoms with Crippen LogP contribution in [0.1, 0.15) is 53.8 Å². The summed E-state index contributed by atoms with van der Waals surface area (Å²) in [6.45, 7) is 7.91. The fourth-order valence-corrected chi connectivity index (χ4v) is 5.23. The number of aromatic nitrogens is 3. The van der Waals surface area contributed by atoms with Crippen molar-refractivity contribution in [1.29, 1.82) is 0 Å². The fourth-order valence-electron chi connectivity index (χ4n) is 3.06. The minimum Gasteiger partial charge on any atom is -0.462 e. The van der Waals surface area contributed by atoms with Crippen LogP contribution in [0.3, 0.4) is 0 Å². The smallest absolute Gasteiger partial charge is 0.341 e. The molecule has 2 N–H and O–H groups in total. The van der Waals surface area contributed by atoms with Crippen LogP contribution in [0.2, 0.25) is 0 Å². The van der Waals surface area contributed by atoms with Crippen molar-refractivity contribution in [3.8, 4) is 0 Å². The molecule has 0 aromatic carbocycles. The molecule has 0 radical (unpaired) electrons. The quantitative estimate of drug-likeness (QED) is 0.560. The molecule has 1 amide bonds. The number of amides is 1. The lowest BCUT2D eigenvalue weighted by molar-refractivity contribution is -0.115. The number of hydrogen-bond donors (Lipinski definition) is 2. The molecule has 7 nitrogen and oxygen atoms in total. The Morgan fingerprint density at radius 3 is 2.93 bits per heavy atom. The van der Waals surface area contributed by atoms with Crippen molar-refractivity contribution in [3.05, 3.63) is 21.8 Å². The molecule has 2 heterocycles.